The molecule has 12 heavy (non-hydrogen) atoms. The average molecular weight is 170 g/mol. The van der Waals surface area contributed by atoms with E-state index in [0.29, 0.717) is 5.92 Å². The van der Waals surface area contributed by atoms with E-state index >= 15 is 0 Å². The van der Waals surface area contributed by atoms with Crippen LogP contribution in [0.4, 0.5) is 0 Å². The fraction of sp³-hybridized carbons (Fsp3) is 0.818. The topological polar surface area (TPSA) is 9.23 Å². The fourth-order valence-electron chi connectivity index (χ4n) is 1.48. The van der Waals surface area contributed by atoms with Crippen LogP contribution in [0.1, 0.15) is 47.0 Å². The van der Waals surface area contributed by atoms with Crippen molar-refractivity contribution in [3.63, 3.8) is 0 Å². The van der Waals surface area contributed by atoms with E-state index < -0.39 is 0 Å². The average Bonchev–Trinajstić information content (AvgIpc) is 2.06. The van der Waals surface area contributed by atoms with Crippen LogP contribution in [-0.4, -0.2) is 7.11 Å². The van der Waals surface area contributed by atoms with Crippen LogP contribution >= 0.6 is 0 Å². The van der Waals surface area contributed by atoms with Gasteiger partial charge >= 0.3 is 0 Å². The second-order valence-electron chi connectivity index (χ2n) is 3.41. The van der Waals surface area contributed by atoms with E-state index in [1.54, 1.807) is 7.11 Å². The van der Waals surface area contributed by atoms with Gasteiger partial charge in [0.05, 0.1) is 12.9 Å². The summed E-state index contributed by atoms with van der Waals surface area (Å²) in [6.45, 7) is 8.79. The van der Waals surface area contributed by atoms with Crippen LogP contribution in [0.15, 0.2) is 11.3 Å². The van der Waals surface area contributed by atoms with Gasteiger partial charge in [0.2, 0.25) is 0 Å². The van der Waals surface area contributed by atoms with E-state index in [2.05, 4.69) is 27.7 Å². The molecule has 0 aliphatic heterocycles. The van der Waals surface area contributed by atoms with Gasteiger partial charge in [0.1, 0.15) is 0 Å². The maximum absolute atomic E-state index is 5.40. The Morgan fingerprint density at radius 3 is 2.25 bits per heavy atom. The van der Waals surface area contributed by atoms with Crippen molar-refractivity contribution in [2.45, 2.75) is 47.0 Å². The van der Waals surface area contributed by atoms with Crippen LogP contribution < -0.4 is 0 Å². The van der Waals surface area contributed by atoms with Crippen LogP contribution in [-0.2, 0) is 4.74 Å². The van der Waals surface area contributed by atoms with E-state index in [1.165, 1.54) is 17.8 Å². The van der Waals surface area contributed by atoms with Gasteiger partial charge in [-0.05, 0) is 25.3 Å². The third kappa shape index (κ3) is 3.29. The third-order valence-corrected chi connectivity index (χ3v) is 2.33. The predicted octanol–water partition coefficient (Wildman–Crippen LogP) is 3.75. The van der Waals surface area contributed by atoms with Gasteiger partial charge in [0.15, 0.2) is 0 Å². The molecule has 1 heteroatoms. The Bertz CT molecular complexity index is 147. The molecular formula is C11H22O. The Balaban J connectivity index is 4.37. The number of hydrogen-bond acceptors (Lipinski definition) is 1. The predicted molar refractivity (Wildman–Crippen MR) is 54.1 cm³/mol. The first-order chi connectivity index (χ1) is 5.67. The van der Waals surface area contributed by atoms with Gasteiger partial charge in [0, 0.05) is 5.92 Å². The third-order valence-electron chi connectivity index (χ3n) is 2.33. The molecule has 1 unspecified atom stereocenters. The number of allylic oxidation sites excluding steroid dienone is 2. The minimum atomic E-state index is 0.571. The second kappa shape index (κ2) is 6.10. The molecule has 72 valence electrons. The normalized spacial score (nSPS) is 15.4. The van der Waals surface area contributed by atoms with Gasteiger partial charge in [-0.1, -0.05) is 27.2 Å². The molecule has 0 spiro atoms. The number of methoxy groups -OCH3 is 1. The second-order valence-corrected chi connectivity index (χ2v) is 3.41. The maximum Gasteiger partial charge on any atom is 0.0972 e. The summed E-state index contributed by atoms with van der Waals surface area (Å²) in [6, 6.07) is 0. The summed E-state index contributed by atoms with van der Waals surface area (Å²) < 4.78 is 5.40. The minimum Gasteiger partial charge on any atom is -0.501 e. The zero-order valence-corrected chi connectivity index (χ0v) is 9.11. The summed E-state index contributed by atoms with van der Waals surface area (Å²) in [5.74, 6) is 1.76. The molecule has 0 bridgehead atoms. The molecule has 1 atom stereocenters. The van der Waals surface area contributed by atoms with Crippen molar-refractivity contribution in [1.82, 2.24) is 0 Å². The molecule has 0 saturated heterocycles. The van der Waals surface area contributed by atoms with Crippen LogP contribution in [0.25, 0.3) is 0 Å². The van der Waals surface area contributed by atoms with Gasteiger partial charge in [0.25, 0.3) is 0 Å². The largest absolute Gasteiger partial charge is 0.501 e. The van der Waals surface area contributed by atoms with Gasteiger partial charge in [-0.25, -0.2) is 0 Å². The monoisotopic (exact) mass is 170 g/mol. The Morgan fingerprint density at radius 2 is 1.92 bits per heavy atom. The van der Waals surface area contributed by atoms with Gasteiger partial charge in [-0.15, -0.1) is 0 Å². The van der Waals surface area contributed by atoms with E-state index in [0.717, 1.165) is 12.8 Å². The standard InChI is InChI=1S/C11H22O/c1-6-8-10(4)11(12-5)9(3)7-2/h9H,6-8H2,1-5H3/b11-10-. The highest BCUT2D eigenvalue weighted by Crippen LogP contribution is 2.21. The lowest BCUT2D eigenvalue weighted by atomic mass is 10.0. The maximum atomic E-state index is 5.40. The van der Waals surface area contributed by atoms with Crippen molar-refractivity contribution in [1.29, 1.82) is 0 Å². The van der Waals surface area contributed by atoms with Crippen LogP contribution in [0.5, 0.6) is 0 Å². The number of rotatable bonds is 5. The van der Waals surface area contributed by atoms with Gasteiger partial charge in [-0.3, -0.25) is 0 Å². The first kappa shape index (κ1) is 11.5. The van der Waals surface area contributed by atoms with E-state index in [9.17, 15) is 0 Å². The van der Waals surface area contributed by atoms with Gasteiger partial charge in [-0.2, -0.15) is 0 Å². The first-order valence-electron chi connectivity index (χ1n) is 4.90. The zero-order chi connectivity index (χ0) is 9.56. The van der Waals surface area contributed by atoms with Crippen molar-refractivity contribution in [3.8, 4) is 0 Å². The summed E-state index contributed by atoms with van der Waals surface area (Å²) >= 11 is 0. The number of hydrogen-bond donors (Lipinski definition) is 0. The SMILES string of the molecule is CCC/C(C)=C(\OC)C(C)CC. The van der Waals surface area contributed by atoms with Crippen molar-refractivity contribution in [2.75, 3.05) is 7.11 Å². The molecule has 0 fully saturated rings. The van der Waals surface area contributed by atoms with Gasteiger partial charge < -0.3 is 4.74 Å². The lowest BCUT2D eigenvalue weighted by molar-refractivity contribution is 0.238. The van der Waals surface area contributed by atoms with E-state index in [1.807, 2.05) is 0 Å². The highest BCUT2D eigenvalue weighted by molar-refractivity contribution is 5.08. The summed E-state index contributed by atoms with van der Waals surface area (Å²) in [7, 11) is 1.78. The Kier molecular flexibility index (Phi) is 5.87. The molecule has 1 nitrogen and oxygen atoms in total. The van der Waals surface area contributed by atoms with Crippen LogP contribution in [0, 0.1) is 5.92 Å². The molecule has 0 amide bonds. The molecular weight excluding hydrogens is 148 g/mol. The van der Waals surface area contributed by atoms with Crippen molar-refractivity contribution in [3.05, 3.63) is 11.3 Å². The molecule has 0 radical (unpaired) electrons. The summed E-state index contributed by atoms with van der Waals surface area (Å²) in [5.41, 5.74) is 1.41. The van der Waals surface area contributed by atoms with Crippen molar-refractivity contribution in [2.24, 2.45) is 5.92 Å². The van der Waals surface area contributed by atoms with Crippen LogP contribution in [0.3, 0.4) is 0 Å². The Morgan fingerprint density at radius 1 is 1.33 bits per heavy atom. The lowest BCUT2D eigenvalue weighted by Crippen LogP contribution is -2.03. The first-order valence-corrected chi connectivity index (χ1v) is 4.90. The minimum absolute atomic E-state index is 0.571. The molecule has 0 N–H and O–H groups in total. The summed E-state index contributed by atoms with van der Waals surface area (Å²) in [4.78, 5) is 0. The Labute approximate surface area is 76.8 Å². The highest BCUT2D eigenvalue weighted by atomic mass is 16.5. The smallest absolute Gasteiger partial charge is 0.0972 e. The quantitative estimate of drug-likeness (QED) is 0.571. The summed E-state index contributed by atoms with van der Waals surface area (Å²) in [6.07, 6.45) is 3.52. The Hall–Kier alpha value is -0.460. The van der Waals surface area contributed by atoms with E-state index in [4.69, 9.17) is 4.74 Å². The summed E-state index contributed by atoms with van der Waals surface area (Å²) in [5, 5.41) is 0. The van der Waals surface area contributed by atoms with Crippen molar-refractivity contribution >= 4 is 0 Å². The molecule has 0 rings (SSSR count). The van der Waals surface area contributed by atoms with E-state index in [-0.39, 0.29) is 0 Å². The lowest BCUT2D eigenvalue weighted by Gasteiger charge is -2.16. The molecule has 0 aliphatic carbocycles. The zero-order valence-electron chi connectivity index (χ0n) is 9.11. The molecule has 0 aromatic rings. The molecule has 0 aromatic carbocycles. The molecule has 0 aliphatic rings. The number of ether oxygens (including phenoxy) is 1. The molecule has 0 aromatic heterocycles. The fourth-order valence-corrected chi connectivity index (χ4v) is 1.48. The molecule has 0 heterocycles. The van der Waals surface area contributed by atoms with Crippen molar-refractivity contribution < 1.29 is 4.74 Å². The van der Waals surface area contributed by atoms with Crippen LogP contribution in [0.2, 0.25) is 0 Å². The highest BCUT2D eigenvalue weighted by Gasteiger charge is 2.09. The molecule has 0 saturated carbocycles.